The molecular weight excluding hydrogens is 1080 g/mol. The standard InChI is InChI=1S/C80H46N4S2/c81-47-67-73(61-33-15-13-29-55(61)51-25-9-3-10-26-51)68(48-82)76(84-70-46-54(50-23-7-2-8-24-50)38-40-58(70)64-42-44-66-60-32-18-20-36-72(60)86-80(66)78(64)84)74(62-34-16-14-30-56(62)52-27-11-4-12-28-52)75(67)83-69-45-53(49-21-5-1-6-22-49)37-39-57(69)63-41-43-65-59-31-17-19-35-71(59)85-79(65)77(63)83/h1-46H. The minimum absolute atomic E-state index is 0.395. The molecule has 0 unspecified atom stereocenters. The molecule has 4 aromatic heterocycles. The molecule has 0 spiro atoms. The van der Waals surface area contributed by atoms with Gasteiger partial charge in [-0.3, -0.25) is 0 Å². The molecule has 0 aliphatic heterocycles. The lowest BCUT2D eigenvalue weighted by Crippen LogP contribution is -2.12. The molecule has 0 N–H and O–H groups in total. The van der Waals surface area contributed by atoms with Crippen molar-refractivity contribution in [3.05, 3.63) is 290 Å². The lowest BCUT2D eigenvalue weighted by atomic mass is 9.82. The normalized spacial score (nSPS) is 11.7. The molecular formula is C80H46N4S2. The van der Waals surface area contributed by atoms with E-state index in [1.807, 2.05) is 12.1 Å². The van der Waals surface area contributed by atoms with Gasteiger partial charge in [-0.1, -0.05) is 255 Å². The smallest absolute Gasteiger partial charge is 0.102 e. The molecule has 4 nitrogen and oxygen atoms in total. The minimum atomic E-state index is 0.395. The number of hydrogen-bond acceptors (Lipinski definition) is 4. The van der Waals surface area contributed by atoms with Crippen LogP contribution in [0.5, 0.6) is 0 Å². The van der Waals surface area contributed by atoms with Gasteiger partial charge in [0.25, 0.3) is 0 Å². The van der Waals surface area contributed by atoms with Crippen LogP contribution in [0.1, 0.15) is 11.1 Å². The van der Waals surface area contributed by atoms with Gasteiger partial charge in [0.2, 0.25) is 0 Å². The van der Waals surface area contributed by atoms with E-state index in [1.54, 1.807) is 22.7 Å². The Bertz CT molecular complexity index is 5450. The Morgan fingerprint density at radius 3 is 1.02 bits per heavy atom. The van der Waals surface area contributed by atoms with Crippen molar-refractivity contribution in [2.75, 3.05) is 0 Å². The third-order valence-corrected chi connectivity index (χ3v) is 19.8. The molecule has 0 fully saturated rings. The molecule has 0 aliphatic rings. The summed E-state index contributed by atoms with van der Waals surface area (Å²) in [5.41, 5.74) is 17.2. The zero-order chi connectivity index (χ0) is 57.0. The summed E-state index contributed by atoms with van der Waals surface area (Å²) in [5, 5.41) is 34.6. The van der Waals surface area contributed by atoms with Gasteiger partial charge in [0, 0.05) is 63.6 Å². The molecule has 398 valence electrons. The maximum atomic E-state index is 12.9. The Morgan fingerprint density at radius 1 is 0.267 bits per heavy atom. The summed E-state index contributed by atoms with van der Waals surface area (Å²) < 4.78 is 9.44. The Labute approximate surface area is 503 Å². The van der Waals surface area contributed by atoms with Crippen molar-refractivity contribution < 1.29 is 0 Å². The van der Waals surface area contributed by atoms with E-state index in [4.69, 9.17) is 0 Å². The average Bonchev–Trinajstić information content (AvgIpc) is 2.49. The van der Waals surface area contributed by atoms with Crippen LogP contribution in [0.25, 0.3) is 162 Å². The fourth-order valence-corrected chi connectivity index (χ4v) is 16.2. The number of thiophene rings is 2. The lowest BCUT2D eigenvalue weighted by molar-refractivity contribution is 1.13. The highest BCUT2D eigenvalue weighted by molar-refractivity contribution is 7.27. The topological polar surface area (TPSA) is 57.4 Å². The molecule has 0 saturated carbocycles. The van der Waals surface area contributed by atoms with E-state index in [2.05, 4.69) is 288 Å². The van der Waals surface area contributed by atoms with Crippen LogP contribution < -0.4 is 0 Å². The Balaban J connectivity index is 1.19. The first-order valence-corrected chi connectivity index (χ1v) is 30.5. The predicted molar refractivity (Wildman–Crippen MR) is 363 cm³/mol. The monoisotopic (exact) mass is 1130 g/mol. The first-order valence-electron chi connectivity index (χ1n) is 28.9. The lowest BCUT2D eigenvalue weighted by Gasteiger charge is -2.27. The second-order valence-corrected chi connectivity index (χ2v) is 24.1. The highest BCUT2D eigenvalue weighted by Crippen LogP contribution is 2.54. The van der Waals surface area contributed by atoms with E-state index in [0.29, 0.717) is 28.1 Å². The third-order valence-electron chi connectivity index (χ3n) is 17.4. The van der Waals surface area contributed by atoms with Gasteiger partial charge >= 0.3 is 0 Å². The minimum Gasteiger partial charge on any atom is -0.306 e. The Kier molecular flexibility index (Phi) is 11.4. The number of aromatic nitrogens is 2. The molecule has 86 heavy (non-hydrogen) atoms. The number of nitriles is 2. The van der Waals surface area contributed by atoms with Crippen LogP contribution in [0.3, 0.4) is 0 Å². The van der Waals surface area contributed by atoms with E-state index >= 15 is 0 Å². The summed E-state index contributed by atoms with van der Waals surface area (Å²) in [6, 6.07) is 105. The molecule has 0 bridgehead atoms. The van der Waals surface area contributed by atoms with E-state index in [0.717, 1.165) is 125 Å². The summed E-state index contributed by atoms with van der Waals surface area (Å²) >= 11 is 3.58. The van der Waals surface area contributed by atoms with Crippen LogP contribution >= 0.6 is 22.7 Å². The number of hydrogen-bond donors (Lipinski definition) is 0. The molecule has 17 rings (SSSR count). The van der Waals surface area contributed by atoms with Crippen LogP contribution in [0, 0.1) is 22.7 Å². The summed E-state index contributed by atoms with van der Waals surface area (Å²) in [6.45, 7) is 0. The third kappa shape index (κ3) is 7.45. The van der Waals surface area contributed by atoms with Crippen LogP contribution in [0.15, 0.2) is 279 Å². The van der Waals surface area contributed by atoms with Crippen LogP contribution in [0.4, 0.5) is 0 Å². The number of rotatable bonds is 8. The fraction of sp³-hybridized carbons (Fsp3) is 0. The van der Waals surface area contributed by atoms with Gasteiger partial charge in [-0.05, 0) is 79.9 Å². The zero-order valence-corrected chi connectivity index (χ0v) is 47.8. The molecule has 0 aliphatic carbocycles. The van der Waals surface area contributed by atoms with E-state index < -0.39 is 0 Å². The second-order valence-electron chi connectivity index (χ2n) is 22.0. The van der Waals surface area contributed by atoms with Crippen molar-refractivity contribution in [1.29, 1.82) is 10.5 Å². The molecule has 17 aromatic rings. The molecule has 0 saturated heterocycles. The summed E-state index contributed by atoms with van der Waals surface area (Å²) in [5.74, 6) is 0. The summed E-state index contributed by atoms with van der Waals surface area (Å²) in [4.78, 5) is 0. The fourth-order valence-electron chi connectivity index (χ4n) is 13.7. The first-order chi connectivity index (χ1) is 42.6. The first kappa shape index (κ1) is 49.5. The maximum Gasteiger partial charge on any atom is 0.102 e. The quantitative estimate of drug-likeness (QED) is 0.152. The van der Waals surface area contributed by atoms with Gasteiger partial charge in [0.05, 0.1) is 54.0 Å². The van der Waals surface area contributed by atoms with Gasteiger partial charge < -0.3 is 9.13 Å². The van der Waals surface area contributed by atoms with E-state index in [9.17, 15) is 10.5 Å². The van der Waals surface area contributed by atoms with Crippen molar-refractivity contribution in [1.82, 2.24) is 9.13 Å². The largest absolute Gasteiger partial charge is 0.306 e. The second kappa shape index (κ2) is 19.8. The zero-order valence-electron chi connectivity index (χ0n) is 46.2. The molecule has 0 amide bonds. The van der Waals surface area contributed by atoms with E-state index in [1.165, 1.54) is 20.2 Å². The Hall–Kier alpha value is -11.1. The molecule has 4 heterocycles. The van der Waals surface area contributed by atoms with E-state index in [-0.39, 0.29) is 0 Å². The molecule has 6 heteroatoms. The van der Waals surface area contributed by atoms with Gasteiger partial charge in [0.1, 0.15) is 12.1 Å². The van der Waals surface area contributed by atoms with Gasteiger partial charge in [-0.15, -0.1) is 22.7 Å². The number of nitrogens with zero attached hydrogens (tertiary/aromatic N) is 4. The highest BCUT2D eigenvalue weighted by atomic mass is 32.1. The van der Waals surface area contributed by atoms with Crippen molar-refractivity contribution in [2.24, 2.45) is 0 Å². The van der Waals surface area contributed by atoms with Crippen LogP contribution in [-0.4, -0.2) is 9.13 Å². The average molecular weight is 1130 g/mol. The SMILES string of the molecule is N#Cc1c(-c2ccccc2-c2ccccc2)c(C#N)c(-n2c3cc(-c4ccccc4)ccc3c3ccc4c5ccccc5sc4c32)c(-c2ccccc2-c2ccccc2)c1-n1c2cc(-c3ccccc3)ccc2c2ccc3c4ccccc4sc3c21. The van der Waals surface area contributed by atoms with Crippen molar-refractivity contribution >= 4 is 107 Å². The number of fused-ring (bicyclic) bond motifs is 14. The summed E-state index contributed by atoms with van der Waals surface area (Å²) in [7, 11) is 0. The number of benzene rings is 13. The molecule has 0 atom stereocenters. The van der Waals surface area contributed by atoms with Crippen LogP contribution in [0.2, 0.25) is 0 Å². The molecule has 13 aromatic carbocycles. The maximum absolute atomic E-state index is 12.9. The van der Waals surface area contributed by atoms with Gasteiger partial charge in [-0.25, -0.2) is 0 Å². The van der Waals surface area contributed by atoms with Crippen molar-refractivity contribution in [3.63, 3.8) is 0 Å². The van der Waals surface area contributed by atoms with Crippen molar-refractivity contribution in [2.45, 2.75) is 0 Å². The summed E-state index contributed by atoms with van der Waals surface area (Å²) in [6.07, 6.45) is 0. The van der Waals surface area contributed by atoms with Crippen molar-refractivity contribution in [3.8, 4) is 90.3 Å². The molecule has 0 radical (unpaired) electrons. The predicted octanol–water partition coefficient (Wildman–Crippen LogP) is 22.4. The highest BCUT2D eigenvalue weighted by Gasteiger charge is 2.35. The Morgan fingerprint density at radius 2 is 0.605 bits per heavy atom. The van der Waals surface area contributed by atoms with Gasteiger partial charge in [0.15, 0.2) is 0 Å². The van der Waals surface area contributed by atoms with Gasteiger partial charge in [-0.2, -0.15) is 10.5 Å². The van der Waals surface area contributed by atoms with Crippen LogP contribution in [-0.2, 0) is 0 Å².